The number of ether oxygens (including phenoxy) is 2. The Kier molecular flexibility index (Phi) is 5.79. The van der Waals surface area contributed by atoms with Gasteiger partial charge in [-0.1, -0.05) is 24.3 Å². The van der Waals surface area contributed by atoms with E-state index >= 15 is 0 Å². The third kappa shape index (κ3) is 4.75. The fraction of sp³-hybridized carbons (Fsp3) is 0.350. The maximum atomic E-state index is 12.6. The topological polar surface area (TPSA) is 84.9 Å². The Labute approximate surface area is 165 Å². The fourth-order valence-electron chi connectivity index (χ4n) is 2.96. The molecule has 0 unspecified atom stereocenters. The highest BCUT2D eigenvalue weighted by molar-refractivity contribution is 7.92. The van der Waals surface area contributed by atoms with Gasteiger partial charge < -0.3 is 14.8 Å². The summed E-state index contributed by atoms with van der Waals surface area (Å²) in [7, 11) is -3.53. The molecule has 1 atom stereocenters. The van der Waals surface area contributed by atoms with E-state index in [9.17, 15) is 13.2 Å². The summed E-state index contributed by atoms with van der Waals surface area (Å²) in [5.74, 6) is 0.720. The molecule has 0 saturated carbocycles. The van der Waals surface area contributed by atoms with E-state index in [0.717, 1.165) is 17.6 Å². The van der Waals surface area contributed by atoms with Gasteiger partial charge in [0.05, 0.1) is 24.6 Å². The SMILES string of the molecule is CC(C)Oc1cccc(CNC(=O)[C@@H]2CN(S(C)(=O)=O)c3ccccc3O2)c1. The number of para-hydroxylation sites is 2. The standard InChI is InChI=1S/C20H24N2O5S/c1-14(2)26-16-8-6-7-15(11-16)12-21-20(23)19-13-22(28(3,24)25)17-9-4-5-10-18(17)27-19/h4-11,14,19H,12-13H2,1-3H3,(H,21,23)/t19-/m0/s1. The zero-order chi connectivity index (χ0) is 20.3. The van der Waals surface area contributed by atoms with Crippen LogP contribution in [0.25, 0.3) is 0 Å². The molecule has 1 heterocycles. The number of rotatable bonds is 6. The molecule has 150 valence electrons. The van der Waals surface area contributed by atoms with E-state index in [-0.39, 0.29) is 25.1 Å². The van der Waals surface area contributed by atoms with Crippen LogP contribution in [0.2, 0.25) is 0 Å². The second kappa shape index (κ2) is 8.10. The van der Waals surface area contributed by atoms with Gasteiger partial charge in [-0.2, -0.15) is 0 Å². The molecule has 0 radical (unpaired) electrons. The van der Waals surface area contributed by atoms with E-state index in [4.69, 9.17) is 9.47 Å². The molecule has 0 bridgehead atoms. The van der Waals surface area contributed by atoms with Gasteiger partial charge in [0.15, 0.2) is 6.10 Å². The monoisotopic (exact) mass is 404 g/mol. The van der Waals surface area contributed by atoms with E-state index in [1.54, 1.807) is 24.3 Å². The van der Waals surface area contributed by atoms with Gasteiger partial charge in [-0.15, -0.1) is 0 Å². The molecule has 1 N–H and O–H groups in total. The van der Waals surface area contributed by atoms with Crippen LogP contribution in [0.15, 0.2) is 48.5 Å². The average molecular weight is 404 g/mol. The highest BCUT2D eigenvalue weighted by Crippen LogP contribution is 2.34. The minimum atomic E-state index is -3.53. The number of hydrogen-bond acceptors (Lipinski definition) is 5. The number of carbonyl (C=O) groups is 1. The van der Waals surface area contributed by atoms with Gasteiger partial charge >= 0.3 is 0 Å². The number of carbonyl (C=O) groups excluding carboxylic acids is 1. The van der Waals surface area contributed by atoms with Gasteiger partial charge in [0.2, 0.25) is 10.0 Å². The van der Waals surface area contributed by atoms with Crippen LogP contribution < -0.4 is 19.1 Å². The number of hydrogen-bond donors (Lipinski definition) is 1. The van der Waals surface area contributed by atoms with Crippen molar-refractivity contribution in [3.63, 3.8) is 0 Å². The molecule has 28 heavy (non-hydrogen) atoms. The Morgan fingerprint density at radius 1 is 1.25 bits per heavy atom. The first-order valence-electron chi connectivity index (χ1n) is 9.01. The van der Waals surface area contributed by atoms with Crippen LogP contribution in [0.1, 0.15) is 19.4 Å². The summed E-state index contributed by atoms with van der Waals surface area (Å²) in [5.41, 5.74) is 1.32. The van der Waals surface area contributed by atoms with E-state index in [2.05, 4.69) is 5.32 Å². The molecule has 0 aromatic heterocycles. The van der Waals surface area contributed by atoms with Crippen LogP contribution >= 0.6 is 0 Å². The van der Waals surface area contributed by atoms with Crippen molar-refractivity contribution in [2.45, 2.75) is 32.6 Å². The average Bonchev–Trinajstić information content (AvgIpc) is 2.64. The van der Waals surface area contributed by atoms with Crippen LogP contribution in [0.4, 0.5) is 5.69 Å². The van der Waals surface area contributed by atoms with Crippen molar-refractivity contribution in [3.8, 4) is 11.5 Å². The molecule has 2 aromatic carbocycles. The van der Waals surface area contributed by atoms with Crippen LogP contribution in [0.5, 0.6) is 11.5 Å². The highest BCUT2D eigenvalue weighted by Gasteiger charge is 2.34. The largest absolute Gasteiger partial charge is 0.491 e. The van der Waals surface area contributed by atoms with Crippen LogP contribution in [-0.2, 0) is 21.4 Å². The normalized spacial score (nSPS) is 16.3. The molecular weight excluding hydrogens is 380 g/mol. The third-order valence-corrected chi connectivity index (χ3v) is 5.31. The molecule has 2 aromatic rings. The van der Waals surface area contributed by atoms with E-state index in [0.29, 0.717) is 11.4 Å². The molecular formula is C20H24N2O5S. The summed E-state index contributed by atoms with van der Waals surface area (Å²) < 4.78 is 36.9. The third-order valence-electron chi connectivity index (χ3n) is 4.16. The van der Waals surface area contributed by atoms with Crippen molar-refractivity contribution in [1.29, 1.82) is 0 Å². The van der Waals surface area contributed by atoms with Crippen LogP contribution in [-0.4, -0.2) is 39.3 Å². The van der Waals surface area contributed by atoms with E-state index in [1.807, 2.05) is 38.1 Å². The van der Waals surface area contributed by atoms with Gasteiger partial charge in [-0.3, -0.25) is 9.10 Å². The van der Waals surface area contributed by atoms with Crippen molar-refractivity contribution in [1.82, 2.24) is 5.32 Å². The molecule has 0 aliphatic carbocycles. The first kappa shape index (κ1) is 20.0. The summed E-state index contributed by atoms with van der Waals surface area (Å²) in [5, 5.41) is 2.81. The lowest BCUT2D eigenvalue weighted by molar-refractivity contribution is -0.127. The summed E-state index contributed by atoms with van der Waals surface area (Å²) in [4.78, 5) is 12.6. The summed E-state index contributed by atoms with van der Waals surface area (Å²) in [6, 6.07) is 14.2. The lowest BCUT2D eigenvalue weighted by Crippen LogP contribution is -2.50. The molecule has 8 heteroatoms. The van der Waals surface area contributed by atoms with Crippen molar-refractivity contribution in [2.75, 3.05) is 17.1 Å². The Morgan fingerprint density at radius 3 is 2.71 bits per heavy atom. The number of anilines is 1. The number of nitrogens with zero attached hydrogens (tertiary/aromatic N) is 1. The van der Waals surface area contributed by atoms with Crippen molar-refractivity contribution < 1.29 is 22.7 Å². The van der Waals surface area contributed by atoms with Crippen molar-refractivity contribution in [3.05, 3.63) is 54.1 Å². The number of amides is 1. The molecule has 1 amide bonds. The lowest BCUT2D eigenvalue weighted by atomic mass is 10.2. The second-order valence-electron chi connectivity index (χ2n) is 6.90. The zero-order valence-corrected chi connectivity index (χ0v) is 16.9. The van der Waals surface area contributed by atoms with E-state index < -0.39 is 16.1 Å². The number of sulfonamides is 1. The fourth-order valence-corrected chi connectivity index (χ4v) is 3.87. The Bertz CT molecular complexity index is 959. The van der Waals surface area contributed by atoms with Gasteiger partial charge in [0.25, 0.3) is 5.91 Å². The van der Waals surface area contributed by atoms with Crippen molar-refractivity contribution in [2.24, 2.45) is 0 Å². The molecule has 1 aliphatic rings. The minimum Gasteiger partial charge on any atom is -0.491 e. The van der Waals surface area contributed by atoms with Gasteiger partial charge in [-0.05, 0) is 43.7 Å². The predicted octanol–water partition coefficient (Wildman–Crippen LogP) is 2.32. The molecule has 7 nitrogen and oxygen atoms in total. The molecule has 1 aliphatic heterocycles. The van der Waals surface area contributed by atoms with Crippen LogP contribution in [0, 0.1) is 0 Å². The van der Waals surface area contributed by atoms with Gasteiger partial charge in [0, 0.05) is 6.54 Å². The Morgan fingerprint density at radius 2 is 2.00 bits per heavy atom. The first-order chi connectivity index (χ1) is 13.2. The molecule has 0 saturated heterocycles. The van der Waals surface area contributed by atoms with Gasteiger partial charge in [0.1, 0.15) is 11.5 Å². The van der Waals surface area contributed by atoms with E-state index in [1.165, 1.54) is 4.31 Å². The second-order valence-corrected chi connectivity index (χ2v) is 8.81. The number of nitrogens with one attached hydrogen (secondary N) is 1. The quantitative estimate of drug-likeness (QED) is 0.799. The number of fused-ring (bicyclic) bond motifs is 1. The molecule has 0 spiro atoms. The molecule has 0 fully saturated rings. The summed E-state index contributed by atoms with van der Waals surface area (Å²) in [6.45, 7) is 4.10. The predicted molar refractivity (Wildman–Crippen MR) is 107 cm³/mol. The minimum absolute atomic E-state index is 0.0579. The Balaban J connectivity index is 1.70. The lowest BCUT2D eigenvalue weighted by Gasteiger charge is -2.33. The highest BCUT2D eigenvalue weighted by atomic mass is 32.2. The van der Waals surface area contributed by atoms with Crippen molar-refractivity contribution >= 4 is 21.6 Å². The van der Waals surface area contributed by atoms with Gasteiger partial charge in [-0.25, -0.2) is 8.42 Å². The Hall–Kier alpha value is -2.74. The van der Waals surface area contributed by atoms with Crippen LogP contribution in [0.3, 0.4) is 0 Å². The maximum Gasteiger partial charge on any atom is 0.263 e. The molecule has 3 rings (SSSR count). The first-order valence-corrected chi connectivity index (χ1v) is 10.9. The number of benzene rings is 2. The summed E-state index contributed by atoms with van der Waals surface area (Å²) in [6.07, 6.45) is 0.242. The maximum absolute atomic E-state index is 12.6. The smallest absolute Gasteiger partial charge is 0.263 e. The summed E-state index contributed by atoms with van der Waals surface area (Å²) >= 11 is 0. The zero-order valence-electron chi connectivity index (χ0n) is 16.1.